The van der Waals surface area contributed by atoms with Crippen LogP contribution in [0.2, 0.25) is 0 Å². The van der Waals surface area contributed by atoms with E-state index >= 15 is 0 Å². The molecular formula is C21H21F3N2O3. The van der Waals surface area contributed by atoms with E-state index in [1.807, 2.05) is 38.1 Å². The first-order chi connectivity index (χ1) is 13.7. The molecule has 3 aromatic rings. The van der Waals surface area contributed by atoms with Gasteiger partial charge in [-0.3, -0.25) is 9.59 Å². The van der Waals surface area contributed by atoms with Gasteiger partial charge in [0.1, 0.15) is 11.1 Å². The fraction of sp³-hybridized carbons (Fsp3) is 0.333. The van der Waals surface area contributed by atoms with E-state index < -0.39 is 18.3 Å². The molecule has 0 N–H and O–H groups in total. The number of fused-ring (bicyclic) bond motifs is 1. The molecule has 0 atom stereocenters. The van der Waals surface area contributed by atoms with Crippen molar-refractivity contribution in [2.45, 2.75) is 33.0 Å². The standard InChI is InChI=1S/C21H21F3N2O3/c1-4-15-9-16-18(19(17(11-27)25(16)3)29-12-21(22,23)24)20(28)26(15)10-14-7-5-13(2)6-8-14/h5-9,11H,4,10,12H2,1-3H3. The largest absolute Gasteiger partial charge is 0.481 e. The van der Waals surface area contributed by atoms with Crippen molar-refractivity contribution < 1.29 is 22.7 Å². The second-order valence-corrected chi connectivity index (χ2v) is 6.92. The summed E-state index contributed by atoms with van der Waals surface area (Å²) < 4.78 is 45.9. The number of aldehydes is 1. The maximum atomic E-state index is 13.3. The number of pyridine rings is 1. The molecule has 2 heterocycles. The van der Waals surface area contributed by atoms with Crippen LogP contribution in [0.4, 0.5) is 13.2 Å². The molecule has 8 heteroatoms. The highest BCUT2D eigenvalue weighted by Crippen LogP contribution is 2.31. The summed E-state index contributed by atoms with van der Waals surface area (Å²) in [7, 11) is 1.52. The van der Waals surface area contributed by atoms with Gasteiger partial charge < -0.3 is 13.9 Å². The third kappa shape index (κ3) is 4.06. The van der Waals surface area contributed by atoms with Gasteiger partial charge in [-0.05, 0) is 25.0 Å². The van der Waals surface area contributed by atoms with Crippen molar-refractivity contribution in [3.63, 3.8) is 0 Å². The lowest BCUT2D eigenvalue weighted by atomic mass is 10.1. The SMILES string of the molecule is CCc1cc2c(c(OCC(F)(F)F)c(C=O)n2C)c(=O)n1Cc1ccc(C)cc1. The number of aryl methyl sites for hydroxylation is 3. The van der Waals surface area contributed by atoms with Gasteiger partial charge in [0.15, 0.2) is 18.6 Å². The van der Waals surface area contributed by atoms with E-state index in [-0.39, 0.29) is 23.4 Å². The zero-order valence-corrected chi connectivity index (χ0v) is 16.3. The zero-order valence-electron chi connectivity index (χ0n) is 16.3. The van der Waals surface area contributed by atoms with Crippen LogP contribution in [-0.2, 0) is 20.0 Å². The number of ether oxygens (including phenoxy) is 1. The first-order valence-electron chi connectivity index (χ1n) is 9.11. The Bertz CT molecular complexity index is 1110. The molecule has 0 unspecified atom stereocenters. The summed E-state index contributed by atoms with van der Waals surface area (Å²) in [4.78, 5) is 24.8. The molecule has 154 valence electrons. The predicted octanol–water partition coefficient (Wildman–Crippen LogP) is 4.01. The number of aromatic nitrogens is 2. The van der Waals surface area contributed by atoms with Crippen molar-refractivity contribution in [3.8, 4) is 5.75 Å². The van der Waals surface area contributed by atoms with Crippen molar-refractivity contribution >= 4 is 17.2 Å². The van der Waals surface area contributed by atoms with Crippen LogP contribution in [0.1, 0.15) is 34.2 Å². The third-order valence-corrected chi connectivity index (χ3v) is 4.86. The Balaban J connectivity index is 2.22. The predicted molar refractivity (Wildman–Crippen MR) is 104 cm³/mol. The van der Waals surface area contributed by atoms with Gasteiger partial charge in [0, 0.05) is 12.7 Å². The smallest absolute Gasteiger partial charge is 0.422 e. The lowest BCUT2D eigenvalue weighted by molar-refractivity contribution is -0.153. The summed E-state index contributed by atoms with van der Waals surface area (Å²) in [6, 6.07) is 9.37. The summed E-state index contributed by atoms with van der Waals surface area (Å²) in [5.41, 5.74) is 2.46. The Morgan fingerprint density at radius 3 is 2.38 bits per heavy atom. The highest BCUT2D eigenvalue weighted by Gasteiger charge is 2.31. The molecule has 1 aromatic carbocycles. The van der Waals surface area contributed by atoms with E-state index in [4.69, 9.17) is 4.74 Å². The van der Waals surface area contributed by atoms with Gasteiger partial charge in [0.05, 0.1) is 12.1 Å². The number of nitrogens with zero attached hydrogens (tertiary/aromatic N) is 2. The topological polar surface area (TPSA) is 53.2 Å². The monoisotopic (exact) mass is 406 g/mol. The van der Waals surface area contributed by atoms with E-state index in [2.05, 4.69) is 0 Å². The summed E-state index contributed by atoms with van der Waals surface area (Å²) in [5.74, 6) is -0.333. The van der Waals surface area contributed by atoms with Crippen LogP contribution in [0.25, 0.3) is 10.9 Å². The summed E-state index contributed by atoms with van der Waals surface area (Å²) in [6.45, 7) is 2.52. The number of rotatable bonds is 6. The molecule has 0 fully saturated rings. The molecular weight excluding hydrogens is 385 g/mol. The number of benzene rings is 1. The lowest BCUT2D eigenvalue weighted by Gasteiger charge is -2.14. The molecule has 0 saturated heterocycles. The van der Waals surface area contributed by atoms with Gasteiger partial charge in [-0.15, -0.1) is 0 Å². The first-order valence-corrected chi connectivity index (χ1v) is 9.11. The van der Waals surface area contributed by atoms with E-state index in [1.54, 1.807) is 6.07 Å². The fourth-order valence-corrected chi connectivity index (χ4v) is 3.35. The van der Waals surface area contributed by atoms with Gasteiger partial charge in [-0.1, -0.05) is 36.8 Å². The minimum Gasteiger partial charge on any atom is -0.481 e. The Kier molecular flexibility index (Phi) is 5.55. The van der Waals surface area contributed by atoms with E-state index in [0.29, 0.717) is 23.9 Å². The van der Waals surface area contributed by atoms with Crippen molar-refractivity contribution in [2.24, 2.45) is 7.05 Å². The van der Waals surface area contributed by atoms with Crippen molar-refractivity contribution in [3.05, 3.63) is 63.2 Å². The normalized spacial score (nSPS) is 11.8. The number of hydrogen-bond acceptors (Lipinski definition) is 3. The average Bonchev–Trinajstić information content (AvgIpc) is 2.94. The summed E-state index contributed by atoms with van der Waals surface area (Å²) in [5, 5.41) is -0.0249. The zero-order chi connectivity index (χ0) is 21.3. The second kappa shape index (κ2) is 7.77. The van der Waals surface area contributed by atoms with Crippen molar-refractivity contribution in [2.75, 3.05) is 6.61 Å². The van der Waals surface area contributed by atoms with Crippen molar-refractivity contribution in [1.29, 1.82) is 0 Å². The van der Waals surface area contributed by atoms with Crippen molar-refractivity contribution in [1.82, 2.24) is 9.13 Å². The minimum absolute atomic E-state index is 0.0249. The maximum absolute atomic E-state index is 13.3. The van der Waals surface area contributed by atoms with Crippen LogP contribution in [-0.4, -0.2) is 28.2 Å². The number of hydrogen-bond donors (Lipinski definition) is 0. The quantitative estimate of drug-likeness (QED) is 0.581. The minimum atomic E-state index is -4.59. The Morgan fingerprint density at radius 1 is 1.17 bits per heavy atom. The molecule has 0 radical (unpaired) electrons. The summed E-state index contributed by atoms with van der Waals surface area (Å²) >= 11 is 0. The van der Waals surface area contributed by atoms with Crippen LogP contribution >= 0.6 is 0 Å². The summed E-state index contributed by atoms with van der Waals surface area (Å²) in [6.07, 6.45) is -3.65. The molecule has 0 amide bonds. The molecule has 29 heavy (non-hydrogen) atoms. The van der Waals surface area contributed by atoms with Crippen LogP contribution in [0.15, 0.2) is 35.1 Å². The molecule has 0 bridgehead atoms. The van der Waals surface area contributed by atoms with Crippen LogP contribution in [0.3, 0.4) is 0 Å². The van der Waals surface area contributed by atoms with Gasteiger partial charge in [0.25, 0.3) is 5.56 Å². The highest BCUT2D eigenvalue weighted by atomic mass is 19.4. The van der Waals surface area contributed by atoms with Gasteiger partial charge in [0.2, 0.25) is 0 Å². The van der Waals surface area contributed by atoms with E-state index in [1.165, 1.54) is 16.2 Å². The molecule has 0 saturated carbocycles. The van der Waals surface area contributed by atoms with Crippen LogP contribution < -0.4 is 10.3 Å². The van der Waals surface area contributed by atoms with Crippen LogP contribution in [0, 0.1) is 6.92 Å². The van der Waals surface area contributed by atoms with E-state index in [9.17, 15) is 22.8 Å². The van der Waals surface area contributed by atoms with Gasteiger partial charge in [-0.2, -0.15) is 13.2 Å². The molecule has 3 rings (SSSR count). The molecule has 0 aliphatic carbocycles. The Hall–Kier alpha value is -3.03. The highest BCUT2D eigenvalue weighted by molar-refractivity contribution is 5.96. The number of carbonyl (C=O) groups is 1. The van der Waals surface area contributed by atoms with Gasteiger partial charge >= 0.3 is 6.18 Å². The van der Waals surface area contributed by atoms with Gasteiger partial charge in [-0.25, -0.2) is 0 Å². The second-order valence-electron chi connectivity index (χ2n) is 6.92. The molecule has 0 spiro atoms. The molecule has 2 aromatic heterocycles. The number of alkyl halides is 3. The van der Waals surface area contributed by atoms with Crippen LogP contribution in [0.5, 0.6) is 5.75 Å². The third-order valence-electron chi connectivity index (χ3n) is 4.86. The Morgan fingerprint density at radius 2 is 1.83 bits per heavy atom. The molecule has 0 aliphatic heterocycles. The number of halogens is 3. The average molecular weight is 406 g/mol. The lowest BCUT2D eigenvalue weighted by Crippen LogP contribution is -2.25. The van der Waals surface area contributed by atoms with E-state index in [0.717, 1.165) is 11.1 Å². The number of carbonyl (C=O) groups excluding carboxylic acids is 1. The molecule has 0 aliphatic rings. The fourth-order valence-electron chi connectivity index (χ4n) is 3.35. The Labute approximate surface area is 165 Å². The first kappa shape index (κ1) is 20.7. The maximum Gasteiger partial charge on any atom is 0.422 e. The molecule has 5 nitrogen and oxygen atoms in total.